The molecular weight excluding hydrogens is 282 g/mol. The number of benzene rings is 2. The minimum atomic E-state index is -0.884. The Kier molecular flexibility index (Phi) is 4.21. The van der Waals surface area contributed by atoms with Crippen molar-refractivity contribution in [3.8, 4) is 6.07 Å². The maximum absolute atomic E-state index is 13.7. The Morgan fingerprint density at radius 2 is 2.00 bits per heavy atom. The van der Waals surface area contributed by atoms with Crippen LogP contribution >= 0.6 is 11.6 Å². The molecule has 1 N–H and O–H groups in total. The van der Waals surface area contributed by atoms with Crippen molar-refractivity contribution < 1.29 is 8.78 Å². The second-order valence-corrected chi connectivity index (χ2v) is 4.72. The van der Waals surface area contributed by atoms with E-state index in [-0.39, 0.29) is 5.56 Å². The lowest BCUT2D eigenvalue weighted by atomic mass is 10.1. The number of nitriles is 1. The van der Waals surface area contributed by atoms with Crippen molar-refractivity contribution in [3.63, 3.8) is 0 Å². The van der Waals surface area contributed by atoms with E-state index in [9.17, 15) is 8.78 Å². The zero-order chi connectivity index (χ0) is 14.7. The van der Waals surface area contributed by atoms with Crippen LogP contribution in [0.25, 0.3) is 0 Å². The molecule has 5 heteroatoms. The standard InChI is InChI=1S/C15H11ClF2N2/c1-9(12-3-2-4-14(17)15(12)18)20-11-5-6-13(16)10(7-11)8-19/h2-7,9,20H,1H3. The Labute approximate surface area is 120 Å². The molecule has 0 heterocycles. The molecule has 2 aromatic carbocycles. The largest absolute Gasteiger partial charge is 0.378 e. The van der Waals surface area contributed by atoms with Crippen molar-refractivity contribution >= 4 is 17.3 Å². The van der Waals surface area contributed by atoms with E-state index in [4.69, 9.17) is 16.9 Å². The van der Waals surface area contributed by atoms with Crippen molar-refractivity contribution in [2.45, 2.75) is 13.0 Å². The molecule has 0 saturated carbocycles. The molecule has 2 aromatic rings. The van der Waals surface area contributed by atoms with E-state index in [1.54, 1.807) is 25.1 Å². The van der Waals surface area contributed by atoms with Crippen LogP contribution in [0.4, 0.5) is 14.5 Å². The van der Waals surface area contributed by atoms with Crippen LogP contribution in [0.1, 0.15) is 24.1 Å². The molecule has 102 valence electrons. The Morgan fingerprint density at radius 1 is 1.25 bits per heavy atom. The number of hydrogen-bond donors (Lipinski definition) is 1. The first-order valence-electron chi connectivity index (χ1n) is 5.93. The Bertz CT molecular complexity index is 680. The Morgan fingerprint density at radius 3 is 2.70 bits per heavy atom. The van der Waals surface area contributed by atoms with Crippen molar-refractivity contribution in [3.05, 3.63) is 64.2 Å². The lowest BCUT2D eigenvalue weighted by Gasteiger charge is -2.17. The van der Waals surface area contributed by atoms with Gasteiger partial charge < -0.3 is 5.32 Å². The summed E-state index contributed by atoms with van der Waals surface area (Å²) in [6.07, 6.45) is 0. The van der Waals surface area contributed by atoms with Gasteiger partial charge in [0.25, 0.3) is 0 Å². The van der Waals surface area contributed by atoms with Crippen molar-refractivity contribution in [2.75, 3.05) is 5.32 Å². The van der Waals surface area contributed by atoms with Crippen molar-refractivity contribution in [1.82, 2.24) is 0 Å². The summed E-state index contributed by atoms with van der Waals surface area (Å²) in [5.41, 5.74) is 1.16. The average Bonchev–Trinajstić information content (AvgIpc) is 2.43. The third kappa shape index (κ3) is 2.89. The quantitative estimate of drug-likeness (QED) is 0.893. The smallest absolute Gasteiger partial charge is 0.164 e. The number of rotatable bonds is 3. The topological polar surface area (TPSA) is 35.8 Å². The number of halogens is 3. The highest BCUT2D eigenvalue weighted by atomic mass is 35.5. The van der Waals surface area contributed by atoms with Crippen LogP contribution in [-0.4, -0.2) is 0 Å². The summed E-state index contributed by atoms with van der Waals surface area (Å²) in [6.45, 7) is 1.71. The molecule has 0 spiro atoms. The molecule has 0 aliphatic heterocycles. The minimum absolute atomic E-state index is 0.221. The molecule has 0 radical (unpaired) electrons. The zero-order valence-electron chi connectivity index (χ0n) is 10.6. The van der Waals surface area contributed by atoms with Gasteiger partial charge in [0.1, 0.15) is 6.07 Å². The van der Waals surface area contributed by atoms with Crippen molar-refractivity contribution in [2.24, 2.45) is 0 Å². The first kappa shape index (κ1) is 14.3. The van der Waals surface area contributed by atoms with Gasteiger partial charge in [0.15, 0.2) is 11.6 Å². The van der Waals surface area contributed by atoms with Gasteiger partial charge in [0.2, 0.25) is 0 Å². The molecular formula is C15H11ClF2N2. The highest BCUT2D eigenvalue weighted by Crippen LogP contribution is 2.25. The molecule has 0 aliphatic rings. The summed E-state index contributed by atoms with van der Waals surface area (Å²) in [7, 11) is 0. The van der Waals surface area contributed by atoms with Gasteiger partial charge >= 0.3 is 0 Å². The normalized spacial score (nSPS) is 11.8. The van der Waals surface area contributed by atoms with Crippen LogP contribution in [-0.2, 0) is 0 Å². The SMILES string of the molecule is CC(Nc1ccc(Cl)c(C#N)c1)c1cccc(F)c1F. The van der Waals surface area contributed by atoms with E-state index in [2.05, 4.69) is 5.32 Å². The van der Waals surface area contributed by atoms with Gasteiger partial charge in [0.05, 0.1) is 16.6 Å². The van der Waals surface area contributed by atoms with Gasteiger partial charge in [-0.2, -0.15) is 5.26 Å². The van der Waals surface area contributed by atoms with E-state index in [0.717, 1.165) is 6.07 Å². The first-order chi connectivity index (χ1) is 9.52. The Hall–Kier alpha value is -2.12. The fourth-order valence-corrected chi connectivity index (χ4v) is 2.04. The zero-order valence-corrected chi connectivity index (χ0v) is 11.4. The second-order valence-electron chi connectivity index (χ2n) is 4.32. The van der Waals surface area contributed by atoms with Crippen LogP contribution in [0.3, 0.4) is 0 Å². The van der Waals surface area contributed by atoms with Crippen LogP contribution in [0, 0.1) is 23.0 Å². The molecule has 2 nitrogen and oxygen atoms in total. The molecule has 0 saturated heterocycles. The summed E-state index contributed by atoms with van der Waals surface area (Å²) in [5.74, 6) is -1.76. The Balaban J connectivity index is 2.26. The lowest BCUT2D eigenvalue weighted by molar-refractivity contribution is 0.494. The van der Waals surface area contributed by atoms with Gasteiger partial charge in [-0.3, -0.25) is 0 Å². The van der Waals surface area contributed by atoms with Crippen LogP contribution in [0.2, 0.25) is 5.02 Å². The molecule has 20 heavy (non-hydrogen) atoms. The summed E-state index contributed by atoms with van der Waals surface area (Å²) < 4.78 is 26.9. The molecule has 2 rings (SSSR count). The number of anilines is 1. The van der Waals surface area contributed by atoms with E-state index in [1.165, 1.54) is 12.1 Å². The number of nitrogens with zero attached hydrogens (tertiary/aromatic N) is 1. The highest BCUT2D eigenvalue weighted by Gasteiger charge is 2.14. The van der Waals surface area contributed by atoms with Gasteiger partial charge in [-0.25, -0.2) is 8.78 Å². The fraction of sp³-hybridized carbons (Fsp3) is 0.133. The molecule has 1 atom stereocenters. The average molecular weight is 293 g/mol. The molecule has 0 fully saturated rings. The molecule has 0 amide bonds. The predicted octanol–water partition coefficient (Wildman–Crippen LogP) is 4.66. The van der Waals surface area contributed by atoms with Crippen LogP contribution < -0.4 is 5.32 Å². The third-order valence-electron chi connectivity index (χ3n) is 2.92. The fourth-order valence-electron chi connectivity index (χ4n) is 1.88. The highest BCUT2D eigenvalue weighted by molar-refractivity contribution is 6.31. The van der Waals surface area contributed by atoms with Gasteiger partial charge in [0, 0.05) is 11.3 Å². The van der Waals surface area contributed by atoms with Gasteiger partial charge in [-0.15, -0.1) is 0 Å². The summed E-state index contributed by atoms with van der Waals surface area (Å²) >= 11 is 5.84. The summed E-state index contributed by atoms with van der Waals surface area (Å²) in [6, 6.07) is 10.4. The number of hydrogen-bond acceptors (Lipinski definition) is 2. The summed E-state index contributed by atoms with van der Waals surface area (Å²) in [4.78, 5) is 0. The monoisotopic (exact) mass is 292 g/mol. The van der Waals surface area contributed by atoms with E-state index >= 15 is 0 Å². The molecule has 0 bridgehead atoms. The van der Waals surface area contributed by atoms with E-state index in [1.807, 2.05) is 6.07 Å². The van der Waals surface area contributed by atoms with E-state index in [0.29, 0.717) is 16.3 Å². The first-order valence-corrected chi connectivity index (χ1v) is 6.31. The van der Waals surface area contributed by atoms with E-state index < -0.39 is 17.7 Å². The molecule has 0 aliphatic carbocycles. The maximum atomic E-state index is 13.7. The second kappa shape index (κ2) is 5.89. The molecule has 0 aromatic heterocycles. The van der Waals surface area contributed by atoms with Crippen LogP contribution in [0.5, 0.6) is 0 Å². The minimum Gasteiger partial charge on any atom is -0.378 e. The van der Waals surface area contributed by atoms with Crippen LogP contribution in [0.15, 0.2) is 36.4 Å². The van der Waals surface area contributed by atoms with Crippen molar-refractivity contribution in [1.29, 1.82) is 5.26 Å². The molecule has 1 unspecified atom stereocenters. The van der Waals surface area contributed by atoms with Gasteiger partial charge in [-0.1, -0.05) is 23.7 Å². The summed E-state index contributed by atoms with van der Waals surface area (Å²) in [5, 5.41) is 12.3. The number of nitrogens with one attached hydrogen (secondary N) is 1. The maximum Gasteiger partial charge on any atom is 0.164 e. The predicted molar refractivity (Wildman–Crippen MR) is 74.6 cm³/mol. The third-order valence-corrected chi connectivity index (χ3v) is 3.25. The van der Waals surface area contributed by atoms with Gasteiger partial charge in [-0.05, 0) is 31.2 Å². The lowest BCUT2D eigenvalue weighted by Crippen LogP contribution is -2.09.